The minimum Gasteiger partial charge on any atom is -0.339 e. The molecule has 0 saturated carbocycles. The normalized spacial score (nSPS) is 15.2. The van der Waals surface area contributed by atoms with Crippen molar-refractivity contribution >= 4 is 17.6 Å². The number of pyridine rings is 1. The third kappa shape index (κ3) is 3.35. The van der Waals surface area contributed by atoms with Crippen molar-refractivity contribution in [2.75, 3.05) is 18.4 Å². The van der Waals surface area contributed by atoms with Crippen LogP contribution in [0.25, 0.3) is 0 Å². The summed E-state index contributed by atoms with van der Waals surface area (Å²) in [6, 6.07) is 3.39. The summed E-state index contributed by atoms with van der Waals surface area (Å²) in [5, 5.41) is 2.74. The summed E-state index contributed by atoms with van der Waals surface area (Å²) in [5.74, 6) is 0.398. The van der Waals surface area contributed by atoms with Gasteiger partial charge in [-0.3, -0.25) is 9.59 Å². The molecule has 20 heavy (non-hydrogen) atoms. The Morgan fingerprint density at radius 2 is 1.85 bits per heavy atom. The van der Waals surface area contributed by atoms with Crippen LogP contribution in [0.4, 0.5) is 5.82 Å². The quantitative estimate of drug-likeness (QED) is 0.900. The molecule has 1 aliphatic rings. The molecule has 0 unspecified atom stereocenters. The molecule has 0 aliphatic carbocycles. The maximum Gasteiger partial charge on any atom is 0.255 e. The molecule has 0 atom stereocenters. The number of hydrogen-bond donors (Lipinski definition) is 1. The maximum atomic E-state index is 12.1. The summed E-state index contributed by atoms with van der Waals surface area (Å²) < 4.78 is 0. The van der Waals surface area contributed by atoms with E-state index in [1.165, 1.54) is 6.20 Å². The molecule has 2 amide bonds. The van der Waals surface area contributed by atoms with E-state index in [9.17, 15) is 9.59 Å². The summed E-state index contributed by atoms with van der Waals surface area (Å²) in [4.78, 5) is 30.0. The molecule has 0 radical (unpaired) electrons. The van der Waals surface area contributed by atoms with Gasteiger partial charge in [-0.1, -0.05) is 20.8 Å². The van der Waals surface area contributed by atoms with Crippen molar-refractivity contribution in [3.63, 3.8) is 0 Å². The Kier molecular flexibility index (Phi) is 4.06. The largest absolute Gasteiger partial charge is 0.339 e. The summed E-state index contributed by atoms with van der Waals surface area (Å²) in [6.45, 7) is 7.16. The van der Waals surface area contributed by atoms with E-state index in [1.807, 2.05) is 25.7 Å². The van der Waals surface area contributed by atoms with Crippen LogP contribution in [-0.4, -0.2) is 34.8 Å². The van der Waals surface area contributed by atoms with Gasteiger partial charge < -0.3 is 10.2 Å². The highest BCUT2D eigenvalue weighted by molar-refractivity contribution is 5.96. The van der Waals surface area contributed by atoms with Gasteiger partial charge in [0.2, 0.25) is 5.91 Å². The fourth-order valence-corrected chi connectivity index (χ4v) is 2.00. The van der Waals surface area contributed by atoms with E-state index in [0.717, 1.165) is 25.9 Å². The zero-order chi connectivity index (χ0) is 14.8. The highest BCUT2D eigenvalue weighted by atomic mass is 16.2. The third-order valence-electron chi connectivity index (χ3n) is 3.33. The van der Waals surface area contributed by atoms with Gasteiger partial charge in [0.25, 0.3) is 5.91 Å². The number of amides is 2. The van der Waals surface area contributed by atoms with E-state index in [1.54, 1.807) is 12.1 Å². The fraction of sp³-hybridized carbons (Fsp3) is 0.533. The van der Waals surface area contributed by atoms with Crippen molar-refractivity contribution in [3.8, 4) is 0 Å². The molecule has 0 spiro atoms. The monoisotopic (exact) mass is 275 g/mol. The predicted octanol–water partition coefficient (Wildman–Crippen LogP) is 2.30. The van der Waals surface area contributed by atoms with Crippen molar-refractivity contribution < 1.29 is 9.59 Å². The van der Waals surface area contributed by atoms with E-state index in [0.29, 0.717) is 11.4 Å². The second kappa shape index (κ2) is 5.61. The number of rotatable bonds is 2. The topological polar surface area (TPSA) is 62.3 Å². The summed E-state index contributed by atoms with van der Waals surface area (Å²) in [6.07, 6.45) is 3.66. The van der Waals surface area contributed by atoms with E-state index < -0.39 is 5.41 Å². The second-order valence-corrected chi connectivity index (χ2v) is 6.14. The lowest BCUT2D eigenvalue weighted by Crippen LogP contribution is -2.29. The van der Waals surface area contributed by atoms with Gasteiger partial charge in [-0.05, 0) is 25.0 Å². The van der Waals surface area contributed by atoms with E-state index in [-0.39, 0.29) is 11.8 Å². The number of likely N-dealkylation sites (tertiary alicyclic amines) is 1. The summed E-state index contributed by atoms with van der Waals surface area (Å²) >= 11 is 0. The van der Waals surface area contributed by atoms with Gasteiger partial charge in [-0.25, -0.2) is 4.98 Å². The van der Waals surface area contributed by atoms with Crippen LogP contribution < -0.4 is 5.32 Å². The van der Waals surface area contributed by atoms with E-state index in [2.05, 4.69) is 10.3 Å². The van der Waals surface area contributed by atoms with Crippen molar-refractivity contribution in [2.24, 2.45) is 5.41 Å². The van der Waals surface area contributed by atoms with Gasteiger partial charge in [-0.15, -0.1) is 0 Å². The lowest BCUT2D eigenvalue weighted by Gasteiger charge is -2.18. The second-order valence-electron chi connectivity index (χ2n) is 6.14. The van der Waals surface area contributed by atoms with Crippen molar-refractivity contribution in [1.82, 2.24) is 9.88 Å². The zero-order valence-corrected chi connectivity index (χ0v) is 12.3. The molecule has 1 aliphatic heterocycles. The number of anilines is 1. The fourth-order valence-electron chi connectivity index (χ4n) is 2.00. The number of carbonyl (C=O) groups is 2. The molecule has 2 rings (SSSR count). The molecule has 2 heterocycles. The van der Waals surface area contributed by atoms with Gasteiger partial charge in [0.05, 0.1) is 5.56 Å². The SMILES string of the molecule is CC(C)(C)C(=O)Nc1ccc(C(=O)N2CCCC2)cn1. The predicted molar refractivity (Wildman–Crippen MR) is 77.5 cm³/mol. The van der Waals surface area contributed by atoms with Crippen LogP contribution in [-0.2, 0) is 4.79 Å². The Morgan fingerprint density at radius 1 is 1.20 bits per heavy atom. The number of aromatic nitrogens is 1. The van der Waals surface area contributed by atoms with E-state index in [4.69, 9.17) is 0 Å². The molecule has 5 heteroatoms. The average molecular weight is 275 g/mol. The minimum atomic E-state index is -0.467. The van der Waals surface area contributed by atoms with Crippen molar-refractivity contribution in [2.45, 2.75) is 33.6 Å². The van der Waals surface area contributed by atoms with Crippen LogP contribution in [0.1, 0.15) is 44.0 Å². The van der Waals surface area contributed by atoms with Crippen LogP contribution in [0.5, 0.6) is 0 Å². The molecule has 0 aromatic carbocycles. The Morgan fingerprint density at radius 3 is 2.35 bits per heavy atom. The highest BCUT2D eigenvalue weighted by Crippen LogP contribution is 2.17. The van der Waals surface area contributed by atoms with Crippen LogP contribution in [0.15, 0.2) is 18.3 Å². The molecular formula is C15H21N3O2. The standard InChI is InChI=1S/C15H21N3O2/c1-15(2,3)14(20)17-12-7-6-11(10-16-12)13(19)18-8-4-5-9-18/h6-7,10H,4-5,8-9H2,1-3H3,(H,16,17,20). The Hall–Kier alpha value is -1.91. The van der Waals surface area contributed by atoms with Crippen LogP contribution in [0, 0.1) is 5.41 Å². The Balaban J connectivity index is 2.03. The molecule has 108 valence electrons. The van der Waals surface area contributed by atoms with Crippen molar-refractivity contribution in [1.29, 1.82) is 0 Å². The molecule has 1 aromatic rings. The third-order valence-corrected chi connectivity index (χ3v) is 3.33. The first kappa shape index (κ1) is 14.5. The van der Waals surface area contributed by atoms with Gasteiger partial charge in [0.15, 0.2) is 0 Å². The van der Waals surface area contributed by atoms with Crippen LogP contribution in [0.2, 0.25) is 0 Å². The average Bonchev–Trinajstić information content (AvgIpc) is 2.91. The Bertz CT molecular complexity index is 497. The first-order valence-corrected chi connectivity index (χ1v) is 6.95. The molecular weight excluding hydrogens is 254 g/mol. The van der Waals surface area contributed by atoms with E-state index >= 15 is 0 Å². The van der Waals surface area contributed by atoms with Gasteiger partial charge >= 0.3 is 0 Å². The van der Waals surface area contributed by atoms with Gasteiger partial charge in [-0.2, -0.15) is 0 Å². The molecule has 1 N–H and O–H groups in total. The number of hydrogen-bond acceptors (Lipinski definition) is 3. The minimum absolute atomic E-state index is 0.0173. The molecule has 1 fully saturated rings. The summed E-state index contributed by atoms with van der Waals surface area (Å²) in [5.41, 5.74) is 0.104. The van der Waals surface area contributed by atoms with Gasteiger partial charge in [0, 0.05) is 24.7 Å². The molecule has 0 bridgehead atoms. The lowest BCUT2D eigenvalue weighted by atomic mass is 9.96. The smallest absolute Gasteiger partial charge is 0.255 e. The molecule has 1 aromatic heterocycles. The number of nitrogens with one attached hydrogen (secondary N) is 1. The summed E-state index contributed by atoms with van der Waals surface area (Å²) in [7, 11) is 0. The highest BCUT2D eigenvalue weighted by Gasteiger charge is 2.22. The number of nitrogens with zero attached hydrogens (tertiary/aromatic N) is 2. The zero-order valence-electron chi connectivity index (χ0n) is 12.3. The first-order valence-electron chi connectivity index (χ1n) is 6.95. The maximum absolute atomic E-state index is 12.1. The van der Waals surface area contributed by atoms with Crippen LogP contribution in [0.3, 0.4) is 0 Å². The molecule has 5 nitrogen and oxygen atoms in total. The van der Waals surface area contributed by atoms with Crippen molar-refractivity contribution in [3.05, 3.63) is 23.9 Å². The Labute approximate surface area is 119 Å². The lowest BCUT2D eigenvalue weighted by molar-refractivity contribution is -0.123. The number of carbonyl (C=O) groups excluding carboxylic acids is 2. The van der Waals surface area contributed by atoms with Gasteiger partial charge in [0.1, 0.15) is 5.82 Å². The molecule has 1 saturated heterocycles. The first-order chi connectivity index (χ1) is 9.38. The van der Waals surface area contributed by atoms with Crippen LogP contribution >= 0.6 is 0 Å².